The molecule has 1 atom stereocenters. The molecule has 1 saturated carbocycles. The van der Waals surface area contributed by atoms with Crippen LogP contribution in [0.5, 0.6) is 0 Å². The van der Waals surface area contributed by atoms with Crippen molar-refractivity contribution in [2.24, 2.45) is 11.3 Å². The van der Waals surface area contributed by atoms with E-state index >= 15 is 0 Å². The van der Waals surface area contributed by atoms with Crippen LogP contribution in [0.2, 0.25) is 0 Å². The third kappa shape index (κ3) is 2.01. The molecule has 1 spiro atoms. The Bertz CT molecular complexity index is 211. The maximum atomic E-state index is 10.7. The van der Waals surface area contributed by atoms with E-state index in [-0.39, 0.29) is 5.91 Å². The Morgan fingerprint density at radius 2 is 2.23 bits per heavy atom. The molecule has 0 bridgehead atoms. The van der Waals surface area contributed by atoms with Gasteiger partial charge in [0.05, 0.1) is 0 Å². The van der Waals surface area contributed by atoms with Crippen molar-refractivity contribution in [3.8, 4) is 0 Å². The Labute approximate surface area is 83.8 Å². The first-order chi connectivity index (χ1) is 6.23. The van der Waals surface area contributed by atoms with Crippen LogP contribution in [0.25, 0.3) is 0 Å². The third-order valence-electron chi connectivity index (χ3n) is 3.44. The van der Waals surface area contributed by atoms with E-state index in [9.17, 15) is 4.79 Å². The quantitative estimate of drug-likeness (QED) is 0.733. The van der Waals surface area contributed by atoms with Gasteiger partial charge in [-0.05, 0) is 42.1 Å². The standard InChI is InChI=1S/C10H17NOS/c1-8(12)11-7-9-6-10(9)2-4-13-5-3-10/h9H,2-7H2,1H3,(H,11,12). The fourth-order valence-corrected chi connectivity index (χ4v) is 3.68. The van der Waals surface area contributed by atoms with E-state index in [4.69, 9.17) is 0 Å². The summed E-state index contributed by atoms with van der Waals surface area (Å²) in [6.45, 7) is 2.52. The van der Waals surface area contributed by atoms with Crippen LogP contribution < -0.4 is 5.32 Å². The van der Waals surface area contributed by atoms with Gasteiger partial charge in [0.25, 0.3) is 0 Å². The summed E-state index contributed by atoms with van der Waals surface area (Å²) in [6.07, 6.45) is 4.11. The number of carbonyl (C=O) groups is 1. The molecule has 2 rings (SSSR count). The van der Waals surface area contributed by atoms with Crippen LogP contribution in [0.3, 0.4) is 0 Å². The average Bonchev–Trinajstić information content (AvgIpc) is 2.77. The predicted octanol–water partition coefficient (Wildman–Crippen LogP) is 1.66. The lowest BCUT2D eigenvalue weighted by Crippen LogP contribution is -2.25. The normalized spacial score (nSPS) is 30.1. The second-order valence-electron chi connectivity index (χ2n) is 4.31. The predicted molar refractivity (Wildman–Crippen MR) is 55.8 cm³/mol. The van der Waals surface area contributed by atoms with Gasteiger partial charge in [-0.15, -0.1) is 0 Å². The maximum absolute atomic E-state index is 10.7. The van der Waals surface area contributed by atoms with Crippen LogP contribution in [-0.4, -0.2) is 24.0 Å². The summed E-state index contributed by atoms with van der Waals surface area (Å²) in [6, 6.07) is 0. The van der Waals surface area contributed by atoms with Gasteiger partial charge in [0.2, 0.25) is 5.91 Å². The van der Waals surface area contributed by atoms with Gasteiger partial charge < -0.3 is 5.32 Å². The molecule has 13 heavy (non-hydrogen) atoms. The first-order valence-corrected chi connectivity index (χ1v) is 6.21. The van der Waals surface area contributed by atoms with E-state index in [1.165, 1.54) is 30.8 Å². The summed E-state index contributed by atoms with van der Waals surface area (Å²) < 4.78 is 0. The highest BCUT2D eigenvalue weighted by Crippen LogP contribution is 2.60. The Hall–Kier alpha value is -0.180. The van der Waals surface area contributed by atoms with Crippen LogP contribution in [0.1, 0.15) is 26.2 Å². The smallest absolute Gasteiger partial charge is 0.216 e. The van der Waals surface area contributed by atoms with Crippen LogP contribution in [0.15, 0.2) is 0 Å². The van der Waals surface area contributed by atoms with Crippen LogP contribution >= 0.6 is 11.8 Å². The highest BCUT2D eigenvalue weighted by Gasteiger charge is 2.53. The Kier molecular flexibility index (Phi) is 2.54. The summed E-state index contributed by atoms with van der Waals surface area (Å²) in [4.78, 5) is 10.7. The van der Waals surface area contributed by atoms with E-state index in [2.05, 4.69) is 17.1 Å². The lowest BCUT2D eigenvalue weighted by atomic mass is 9.96. The van der Waals surface area contributed by atoms with E-state index in [1.807, 2.05) is 0 Å². The molecule has 0 aromatic carbocycles. The Morgan fingerprint density at radius 1 is 1.54 bits per heavy atom. The van der Waals surface area contributed by atoms with E-state index in [1.54, 1.807) is 6.92 Å². The third-order valence-corrected chi connectivity index (χ3v) is 4.43. The summed E-state index contributed by atoms with van der Waals surface area (Å²) >= 11 is 2.08. The number of hydrogen-bond acceptors (Lipinski definition) is 2. The summed E-state index contributed by atoms with van der Waals surface area (Å²) in [7, 11) is 0. The number of amides is 1. The molecule has 0 aromatic heterocycles. The largest absolute Gasteiger partial charge is 0.356 e. The Morgan fingerprint density at radius 3 is 2.85 bits per heavy atom. The molecular weight excluding hydrogens is 182 g/mol. The lowest BCUT2D eigenvalue weighted by molar-refractivity contribution is -0.119. The van der Waals surface area contributed by atoms with Gasteiger partial charge in [-0.1, -0.05) is 0 Å². The zero-order valence-electron chi connectivity index (χ0n) is 8.14. The van der Waals surface area contributed by atoms with Gasteiger partial charge >= 0.3 is 0 Å². The first-order valence-electron chi connectivity index (χ1n) is 5.05. The van der Waals surface area contributed by atoms with Crippen molar-refractivity contribution in [2.75, 3.05) is 18.1 Å². The number of carbonyl (C=O) groups excluding carboxylic acids is 1. The first kappa shape index (κ1) is 9.38. The van der Waals surface area contributed by atoms with Crippen LogP contribution in [-0.2, 0) is 4.79 Å². The molecule has 1 aliphatic carbocycles. The highest BCUT2D eigenvalue weighted by atomic mass is 32.2. The molecule has 2 nitrogen and oxygen atoms in total. The number of nitrogens with one attached hydrogen (secondary N) is 1. The fraction of sp³-hybridized carbons (Fsp3) is 0.900. The molecule has 0 aromatic rings. The van der Waals surface area contributed by atoms with Gasteiger partial charge in [-0.3, -0.25) is 4.79 Å². The van der Waals surface area contributed by atoms with Crippen molar-refractivity contribution in [2.45, 2.75) is 26.2 Å². The van der Waals surface area contributed by atoms with Crippen LogP contribution in [0.4, 0.5) is 0 Å². The second kappa shape index (κ2) is 3.52. The molecule has 1 heterocycles. The highest BCUT2D eigenvalue weighted by molar-refractivity contribution is 7.99. The van der Waals surface area contributed by atoms with E-state index in [0.29, 0.717) is 5.41 Å². The van der Waals surface area contributed by atoms with Gasteiger partial charge in [0.15, 0.2) is 0 Å². The molecule has 2 fully saturated rings. The van der Waals surface area contributed by atoms with Gasteiger partial charge in [-0.2, -0.15) is 11.8 Å². The van der Waals surface area contributed by atoms with Gasteiger partial charge in [0, 0.05) is 13.5 Å². The van der Waals surface area contributed by atoms with Crippen molar-refractivity contribution in [1.82, 2.24) is 5.32 Å². The number of hydrogen-bond donors (Lipinski definition) is 1. The molecule has 0 radical (unpaired) electrons. The fourth-order valence-electron chi connectivity index (χ4n) is 2.38. The van der Waals surface area contributed by atoms with E-state index in [0.717, 1.165) is 12.5 Å². The minimum Gasteiger partial charge on any atom is -0.356 e. The molecule has 74 valence electrons. The van der Waals surface area contributed by atoms with Crippen molar-refractivity contribution in [3.63, 3.8) is 0 Å². The minimum absolute atomic E-state index is 0.118. The monoisotopic (exact) mass is 199 g/mol. The molecule has 1 amide bonds. The summed E-state index contributed by atoms with van der Waals surface area (Å²) in [5.74, 6) is 3.57. The topological polar surface area (TPSA) is 29.1 Å². The molecule has 1 N–H and O–H groups in total. The van der Waals surface area contributed by atoms with Gasteiger partial charge in [0.1, 0.15) is 0 Å². The minimum atomic E-state index is 0.118. The summed E-state index contributed by atoms with van der Waals surface area (Å²) in [5.41, 5.74) is 0.647. The average molecular weight is 199 g/mol. The zero-order chi connectivity index (χ0) is 9.31. The summed E-state index contributed by atoms with van der Waals surface area (Å²) in [5, 5.41) is 2.93. The second-order valence-corrected chi connectivity index (χ2v) is 5.54. The van der Waals surface area contributed by atoms with Crippen molar-refractivity contribution in [3.05, 3.63) is 0 Å². The van der Waals surface area contributed by atoms with Crippen molar-refractivity contribution < 1.29 is 4.79 Å². The Balaban J connectivity index is 1.76. The van der Waals surface area contributed by atoms with Crippen molar-refractivity contribution >= 4 is 17.7 Å². The number of rotatable bonds is 2. The number of thioether (sulfide) groups is 1. The zero-order valence-corrected chi connectivity index (χ0v) is 8.95. The van der Waals surface area contributed by atoms with E-state index < -0.39 is 0 Å². The molecule has 1 aliphatic heterocycles. The molecule has 2 aliphatic rings. The van der Waals surface area contributed by atoms with Gasteiger partial charge in [-0.25, -0.2) is 0 Å². The maximum Gasteiger partial charge on any atom is 0.216 e. The molecule has 1 saturated heterocycles. The molecular formula is C10H17NOS. The molecule has 3 heteroatoms. The SMILES string of the molecule is CC(=O)NCC1CC12CCSCC2. The lowest BCUT2D eigenvalue weighted by Gasteiger charge is -2.22. The molecule has 1 unspecified atom stereocenters. The van der Waals surface area contributed by atoms with Crippen molar-refractivity contribution in [1.29, 1.82) is 0 Å². The van der Waals surface area contributed by atoms with Crippen LogP contribution in [0, 0.1) is 11.3 Å².